The number of nitrogens with one attached hydrogen (secondary N) is 1. The average molecular weight is 247 g/mol. The molecule has 1 aromatic heterocycles. The van der Waals surface area contributed by atoms with E-state index < -0.39 is 0 Å². The van der Waals surface area contributed by atoms with Crippen LogP contribution in [0.3, 0.4) is 0 Å². The van der Waals surface area contributed by atoms with Gasteiger partial charge in [0.2, 0.25) is 5.91 Å². The third-order valence-corrected chi connectivity index (χ3v) is 3.74. The van der Waals surface area contributed by atoms with Crippen molar-refractivity contribution in [3.8, 4) is 0 Å². The van der Waals surface area contributed by atoms with Crippen LogP contribution in [0.15, 0.2) is 6.33 Å². The smallest absolute Gasteiger partial charge is 0.222 e. The van der Waals surface area contributed by atoms with E-state index in [2.05, 4.69) is 20.2 Å². The Hall–Kier alpha value is -1.69. The lowest BCUT2D eigenvalue weighted by molar-refractivity contribution is -0.121. The van der Waals surface area contributed by atoms with E-state index in [1.54, 1.807) is 6.33 Å². The predicted molar refractivity (Wildman–Crippen MR) is 67.0 cm³/mol. The van der Waals surface area contributed by atoms with Crippen LogP contribution in [-0.2, 0) is 17.8 Å². The Morgan fingerprint density at radius 3 is 3.17 bits per heavy atom. The first kappa shape index (κ1) is 11.4. The average Bonchev–Trinajstić information content (AvgIpc) is 2.87. The number of rotatable bonds is 2. The monoisotopic (exact) mass is 247 g/mol. The van der Waals surface area contributed by atoms with E-state index in [1.807, 2.05) is 0 Å². The lowest BCUT2D eigenvalue weighted by Gasteiger charge is -2.24. The minimum absolute atomic E-state index is 0.0489. The molecule has 0 aromatic carbocycles. The van der Waals surface area contributed by atoms with Crippen LogP contribution in [0.25, 0.3) is 0 Å². The minimum Gasteiger partial charge on any atom is -0.369 e. The van der Waals surface area contributed by atoms with Gasteiger partial charge in [0.15, 0.2) is 0 Å². The number of hydrogen-bond acceptors (Lipinski definition) is 5. The molecule has 3 rings (SSSR count). The summed E-state index contributed by atoms with van der Waals surface area (Å²) < 4.78 is 0. The zero-order chi connectivity index (χ0) is 12.5. The van der Waals surface area contributed by atoms with Gasteiger partial charge in [-0.2, -0.15) is 0 Å². The van der Waals surface area contributed by atoms with E-state index in [0.717, 1.165) is 44.0 Å². The van der Waals surface area contributed by atoms with E-state index in [-0.39, 0.29) is 11.8 Å². The topological polar surface area (TPSA) is 84.1 Å². The van der Waals surface area contributed by atoms with Crippen molar-refractivity contribution in [3.63, 3.8) is 0 Å². The van der Waals surface area contributed by atoms with Gasteiger partial charge in [-0.05, 0) is 6.42 Å². The number of fused-ring (bicyclic) bond motifs is 1. The SMILES string of the molecule is NC(=O)C1CCN(c2ncnc3c2CNCC3)C1. The first-order chi connectivity index (χ1) is 8.75. The molecule has 1 atom stereocenters. The predicted octanol–water partition coefficient (Wildman–Crippen LogP) is -0.566. The van der Waals surface area contributed by atoms with Gasteiger partial charge in [-0.1, -0.05) is 0 Å². The fourth-order valence-corrected chi connectivity index (χ4v) is 2.71. The van der Waals surface area contributed by atoms with E-state index in [1.165, 1.54) is 5.56 Å². The largest absolute Gasteiger partial charge is 0.369 e. The third kappa shape index (κ3) is 1.92. The first-order valence-corrected chi connectivity index (χ1v) is 6.33. The van der Waals surface area contributed by atoms with Gasteiger partial charge in [-0.3, -0.25) is 4.79 Å². The zero-order valence-corrected chi connectivity index (χ0v) is 10.2. The number of anilines is 1. The van der Waals surface area contributed by atoms with Crippen molar-refractivity contribution in [2.45, 2.75) is 19.4 Å². The molecule has 0 saturated carbocycles. The molecule has 0 aliphatic carbocycles. The highest BCUT2D eigenvalue weighted by molar-refractivity contribution is 5.78. The maximum atomic E-state index is 11.2. The van der Waals surface area contributed by atoms with Crippen molar-refractivity contribution in [2.24, 2.45) is 11.7 Å². The van der Waals surface area contributed by atoms with Crippen LogP contribution in [0.4, 0.5) is 5.82 Å². The van der Waals surface area contributed by atoms with Gasteiger partial charge in [0.25, 0.3) is 0 Å². The van der Waals surface area contributed by atoms with E-state index in [9.17, 15) is 4.79 Å². The van der Waals surface area contributed by atoms with Gasteiger partial charge < -0.3 is 16.0 Å². The Balaban J connectivity index is 1.87. The number of amides is 1. The zero-order valence-electron chi connectivity index (χ0n) is 10.2. The Morgan fingerprint density at radius 1 is 1.50 bits per heavy atom. The molecular weight excluding hydrogens is 230 g/mol. The van der Waals surface area contributed by atoms with Crippen LogP contribution in [0.2, 0.25) is 0 Å². The van der Waals surface area contributed by atoms with Crippen molar-refractivity contribution < 1.29 is 4.79 Å². The summed E-state index contributed by atoms with van der Waals surface area (Å²) in [5, 5.41) is 3.34. The van der Waals surface area contributed by atoms with Crippen molar-refractivity contribution in [1.82, 2.24) is 15.3 Å². The molecule has 2 aliphatic rings. The molecule has 6 heteroatoms. The summed E-state index contributed by atoms with van der Waals surface area (Å²) >= 11 is 0. The summed E-state index contributed by atoms with van der Waals surface area (Å²) in [6.45, 7) is 3.30. The highest BCUT2D eigenvalue weighted by Gasteiger charge is 2.29. The summed E-state index contributed by atoms with van der Waals surface area (Å²) in [5.41, 5.74) is 7.67. The number of hydrogen-bond donors (Lipinski definition) is 2. The van der Waals surface area contributed by atoms with Gasteiger partial charge in [0.1, 0.15) is 12.1 Å². The summed E-state index contributed by atoms with van der Waals surface area (Å²) in [6, 6.07) is 0. The molecule has 1 amide bonds. The molecule has 0 radical (unpaired) electrons. The lowest BCUT2D eigenvalue weighted by atomic mass is 10.1. The van der Waals surface area contributed by atoms with Gasteiger partial charge in [0.05, 0.1) is 11.6 Å². The van der Waals surface area contributed by atoms with Crippen molar-refractivity contribution >= 4 is 11.7 Å². The van der Waals surface area contributed by atoms with E-state index >= 15 is 0 Å². The van der Waals surface area contributed by atoms with Gasteiger partial charge in [0, 0.05) is 38.2 Å². The second kappa shape index (κ2) is 4.53. The number of carbonyl (C=O) groups is 1. The molecule has 18 heavy (non-hydrogen) atoms. The Kier molecular flexibility index (Phi) is 2.87. The molecule has 1 fully saturated rings. The quantitative estimate of drug-likeness (QED) is 0.731. The standard InChI is InChI=1S/C12H17N5O/c13-11(18)8-2-4-17(6-8)12-9-5-14-3-1-10(9)15-7-16-12/h7-8,14H,1-6H2,(H2,13,18). The van der Waals surface area contributed by atoms with Crippen molar-refractivity contribution in [2.75, 3.05) is 24.5 Å². The van der Waals surface area contributed by atoms with Gasteiger partial charge in [-0.25, -0.2) is 9.97 Å². The van der Waals surface area contributed by atoms with Gasteiger partial charge >= 0.3 is 0 Å². The maximum Gasteiger partial charge on any atom is 0.222 e. The van der Waals surface area contributed by atoms with Crippen LogP contribution in [0, 0.1) is 5.92 Å². The molecule has 3 N–H and O–H groups in total. The molecule has 2 aliphatic heterocycles. The van der Waals surface area contributed by atoms with E-state index in [4.69, 9.17) is 5.73 Å². The summed E-state index contributed by atoms with van der Waals surface area (Å²) in [5.74, 6) is 0.710. The number of nitrogens with zero attached hydrogens (tertiary/aromatic N) is 3. The molecule has 3 heterocycles. The molecule has 6 nitrogen and oxygen atoms in total. The highest BCUT2D eigenvalue weighted by atomic mass is 16.1. The molecule has 1 aromatic rings. The number of carbonyl (C=O) groups excluding carboxylic acids is 1. The minimum atomic E-state index is -0.210. The Morgan fingerprint density at radius 2 is 2.39 bits per heavy atom. The Labute approximate surface area is 106 Å². The number of nitrogens with two attached hydrogens (primary N) is 1. The van der Waals surface area contributed by atoms with Crippen molar-refractivity contribution in [3.05, 3.63) is 17.6 Å². The highest BCUT2D eigenvalue weighted by Crippen LogP contribution is 2.27. The van der Waals surface area contributed by atoms with Gasteiger partial charge in [-0.15, -0.1) is 0 Å². The summed E-state index contributed by atoms with van der Waals surface area (Å²) in [6.07, 6.45) is 3.39. The fourth-order valence-electron chi connectivity index (χ4n) is 2.71. The second-order valence-corrected chi connectivity index (χ2v) is 4.88. The lowest BCUT2D eigenvalue weighted by Crippen LogP contribution is -2.31. The molecule has 1 saturated heterocycles. The second-order valence-electron chi connectivity index (χ2n) is 4.88. The molecule has 1 unspecified atom stereocenters. The normalized spacial score (nSPS) is 22.9. The first-order valence-electron chi connectivity index (χ1n) is 6.33. The van der Waals surface area contributed by atoms with Crippen LogP contribution >= 0.6 is 0 Å². The Bertz CT molecular complexity index is 476. The van der Waals surface area contributed by atoms with Crippen LogP contribution in [-0.4, -0.2) is 35.5 Å². The maximum absolute atomic E-state index is 11.2. The molecule has 96 valence electrons. The van der Waals surface area contributed by atoms with Crippen LogP contribution < -0.4 is 16.0 Å². The molecule has 0 bridgehead atoms. The van der Waals surface area contributed by atoms with Crippen LogP contribution in [0.1, 0.15) is 17.7 Å². The molecule has 0 spiro atoms. The third-order valence-electron chi connectivity index (χ3n) is 3.74. The number of primary amides is 1. The van der Waals surface area contributed by atoms with E-state index in [0.29, 0.717) is 6.54 Å². The number of aromatic nitrogens is 2. The summed E-state index contributed by atoms with van der Waals surface area (Å²) in [7, 11) is 0. The summed E-state index contributed by atoms with van der Waals surface area (Å²) in [4.78, 5) is 22.1. The molecular formula is C12H17N5O. The van der Waals surface area contributed by atoms with Crippen LogP contribution in [0.5, 0.6) is 0 Å². The van der Waals surface area contributed by atoms with Crippen molar-refractivity contribution in [1.29, 1.82) is 0 Å². The fraction of sp³-hybridized carbons (Fsp3) is 0.583.